The molecule has 1 saturated heterocycles. The van der Waals surface area contributed by atoms with E-state index in [1.807, 2.05) is 22.7 Å². The highest BCUT2D eigenvalue weighted by molar-refractivity contribution is 6.35. The number of benzene rings is 2. The summed E-state index contributed by atoms with van der Waals surface area (Å²) >= 11 is 6.48. The van der Waals surface area contributed by atoms with Crippen LogP contribution in [0, 0.1) is 5.82 Å². The van der Waals surface area contributed by atoms with Gasteiger partial charge in [0.2, 0.25) is 0 Å². The van der Waals surface area contributed by atoms with Gasteiger partial charge in [0.25, 0.3) is 5.91 Å². The van der Waals surface area contributed by atoms with E-state index >= 15 is 0 Å². The highest BCUT2D eigenvalue weighted by Crippen LogP contribution is 2.45. The lowest BCUT2D eigenvalue weighted by molar-refractivity contribution is 0.0391. The summed E-state index contributed by atoms with van der Waals surface area (Å²) in [5, 5.41) is 5.14. The van der Waals surface area contributed by atoms with Crippen molar-refractivity contribution >= 4 is 17.5 Å². The summed E-state index contributed by atoms with van der Waals surface area (Å²) in [5.41, 5.74) is 4.21. The van der Waals surface area contributed by atoms with Crippen molar-refractivity contribution in [3.8, 4) is 17.0 Å². The van der Waals surface area contributed by atoms with Crippen molar-refractivity contribution in [2.24, 2.45) is 7.05 Å². The second kappa shape index (κ2) is 7.68. The minimum absolute atomic E-state index is 0.0533. The molecule has 5 rings (SSSR count). The first-order chi connectivity index (χ1) is 15.0. The van der Waals surface area contributed by atoms with Crippen molar-refractivity contribution in [1.29, 1.82) is 0 Å². The number of aryl methyl sites for hydroxylation is 1. The maximum absolute atomic E-state index is 13.9. The molecule has 160 valence electrons. The number of amides is 1. The van der Waals surface area contributed by atoms with Gasteiger partial charge < -0.3 is 9.64 Å². The SMILES string of the molecule is COc1cccc(C(=O)N2C3CCCC2c2nn(C)c(-c4cccc(F)c4)c2C3)c1Cl. The van der Waals surface area contributed by atoms with E-state index in [9.17, 15) is 9.18 Å². The Morgan fingerprint density at radius 3 is 2.81 bits per heavy atom. The summed E-state index contributed by atoms with van der Waals surface area (Å²) in [4.78, 5) is 15.6. The van der Waals surface area contributed by atoms with Crippen molar-refractivity contribution in [2.75, 3.05) is 7.11 Å². The van der Waals surface area contributed by atoms with Crippen molar-refractivity contribution in [3.63, 3.8) is 0 Å². The topological polar surface area (TPSA) is 47.4 Å². The van der Waals surface area contributed by atoms with E-state index in [4.69, 9.17) is 21.4 Å². The summed E-state index contributed by atoms with van der Waals surface area (Å²) < 4.78 is 21.0. The van der Waals surface area contributed by atoms with Gasteiger partial charge in [-0.25, -0.2) is 4.39 Å². The first-order valence-electron chi connectivity index (χ1n) is 10.5. The Labute approximate surface area is 185 Å². The number of methoxy groups -OCH3 is 1. The standard InChI is InChI=1S/C24H23ClFN3O2/c1-28-23(14-6-3-7-15(26)12-14)18-13-16-8-4-10-19(22(18)27-28)29(16)24(30)17-9-5-11-20(31-2)21(17)25/h3,5-7,9,11-12,16,19H,4,8,10,13H2,1-2H3. The molecule has 2 aromatic carbocycles. The molecule has 0 saturated carbocycles. The molecule has 0 N–H and O–H groups in total. The number of piperidine rings is 1. The van der Waals surface area contributed by atoms with Crippen LogP contribution < -0.4 is 4.74 Å². The van der Waals surface area contributed by atoms with Crippen LogP contribution in [-0.4, -0.2) is 33.7 Å². The van der Waals surface area contributed by atoms with Crippen LogP contribution in [0.15, 0.2) is 42.5 Å². The third-order valence-electron chi connectivity index (χ3n) is 6.42. The smallest absolute Gasteiger partial charge is 0.256 e. The van der Waals surface area contributed by atoms with Gasteiger partial charge in [0.15, 0.2) is 0 Å². The number of ether oxygens (including phenoxy) is 1. The van der Waals surface area contributed by atoms with Gasteiger partial charge in [-0.2, -0.15) is 5.10 Å². The van der Waals surface area contributed by atoms with Crippen molar-refractivity contribution in [2.45, 2.75) is 37.8 Å². The Bertz CT molecular complexity index is 1180. The molecule has 2 bridgehead atoms. The molecule has 7 heteroatoms. The molecule has 0 radical (unpaired) electrons. The first kappa shape index (κ1) is 20.1. The molecule has 5 nitrogen and oxygen atoms in total. The van der Waals surface area contributed by atoms with Gasteiger partial charge in [-0.05, 0) is 49.9 Å². The minimum atomic E-state index is -0.270. The molecule has 3 aromatic rings. The molecular formula is C24H23ClFN3O2. The van der Waals surface area contributed by atoms with E-state index in [1.54, 1.807) is 37.4 Å². The molecule has 2 atom stereocenters. The average molecular weight is 440 g/mol. The van der Waals surface area contributed by atoms with Crippen LogP contribution in [0.1, 0.15) is 46.9 Å². The number of rotatable bonds is 3. The number of carbonyl (C=O) groups excluding carboxylic acids is 1. The second-order valence-electron chi connectivity index (χ2n) is 8.19. The zero-order valence-electron chi connectivity index (χ0n) is 17.4. The molecule has 2 aliphatic heterocycles. The van der Waals surface area contributed by atoms with Crippen LogP contribution in [0.4, 0.5) is 4.39 Å². The highest BCUT2D eigenvalue weighted by atomic mass is 35.5. The fourth-order valence-corrected chi connectivity index (χ4v) is 5.40. The molecular weight excluding hydrogens is 417 g/mol. The second-order valence-corrected chi connectivity index (χ2v) is 8.56. The van der Waals surface area contributed by atoms with E-state index in [0.717, 1.165) is 41.8 Å². The van der Waals surface area contributed by atoms with Crippen molar-refractivity contribution < 1.29 is 13.9 Å². The van der Waals surface area contributed by atoms with Crippen LogP contribution in [0.25, 0.3) is 11.3 Å². The number of aromatic nitrogens is 2. The van der Waals surface area contributed by atoms with Gasteiger partial charge in [0.1, 0.15) is 11.6 Å². The number of hydrogen-bond acceptors (Lipinski definition) is 3. The predicted octanol–water partition coefficient (Wildman–Crippen LogP) is 5.18. The Morgan fingerprint density at radius 1 is 1.23 bits per heavy atom. The maximum Gasteiger partial charge on any atom is 0.256 e. The quantitative estimate of drug-likeness (QED) is 0.565. The molecule has 31 heavy (non-hydrogen) atoms. The van der Waals surface area contributed by atoms with Crippen LogP contribution >= 0.6 is 11.6 Å². The number of carbonyl (C=O) groups is 1. The number of halogens is 2. The maximum atomic E-state index is 13.9. The number of fused-ring (bicyclic) bond motifs is 4. The average Bonchev–Trinajstić information content (AvgIpc) is 3.08. The Kier molecular flexibility index (Phi) is 4.97. The molecule has 0 aliphatic carbocycles. The van der Waals surface area contributed by atoms with Crippen molar-refractivity contribution in [3.05, 3.63) is 70.1 Å². The van der Waals surface area contributed by atoms with E-state index < -0.39 is 0 Å². The van der Waals surface area contributed by atoms with Gasteiger partial charge in [0, 0.05) is 24.2 Å². The Morgan fingerprint density at radius 2 is 2.03 bits per heavy atom. The normalized spacial score (nSPS) is 19.8. The lowest BCUT2D eigenvalue weighted by Crippen LogP contribution is -2.50. The van der Waals surface area contributed by atoms with Gasteiger partial charge in [-0.1, -0.05) is 29.8 Å². The Hall–Kier alpha value is -2.86. The molecule has 0 spiro atoms. The van der Waals surface area contributed by atoms with E-state index in [1.165, 1.54) is 6.07 Å². The molecule has 2 unspecified atom stereocenters. The summed E-state index contributed by atoms with van der Waals surface area (Å²) in [7, 11) is 3.42. The highest BCUT2D eigenvalue weighted by Gasteiger charge is 2.44. The first-order valence-corrected chi connectivity index (χ1v) is 10.8. The summed E-state index contributed by atoms with van der Waals surface area (Å²) in [6.07, 6.45) is 3.49. The van der Waals surface area contributed by atoms with Gasteiger partial charge >= 0.3 is 0 Å². The predicted molar refractivity (Wildman–Crippen MR) is 117 cm³/mol. The lowest BCUT2D eigenvalue weighted by atomic mass is 9.81. The van der Waals surface area contributed by atoms with Crippen LogP contribution in [0.5, 0.6) is 5.75 Å². The zero-order valence-corrected chi connectivity index (χ0v) is 18.2. The zero-order chi connectivity index (χ0) is 21.7. The van der Waals surface area contributed by atoms with Gasteiger partial charge in [-0.15, -0.1) is 0 Å². The van der Waals surface area contributed by atoms with Gasteiger partial charge in [-0.3, -0.25) is 9.48 Å². The van der Waals surface area contributed by atoms with E-state index in [-0.39, 0.29) is 23.8 Å². The fraction of sp³-hybridized carbons (Fsp3) is 0.333. The van der Waals surface area contributed by atoms with Crippen LogP contribution in [0.3, 0.4) is 0 Å². The largest absolute Gasteiger partial charge is 0.495 e. The fourth-order valence-electron chi connectivity index (χ4n) is 5.12. The van der Waals surface area contributed by atoms with E-state index in [2.05, 4.69) is 0 Å². The number of nitrogens with zero attached hydrogens (tertiary/aromatic N) is 3. The van der Waals surface area contributed by atoms with Gasteiger partial charge in [0.05, 0.1) is 35.1 Å². The summed E-state index contributed by atoms with van der Waals surface area (Å²) in [6.45, 7) is 0. The third kappa shape index (κ3) is 3.21. The van der Waals surface area contributed by atoms with Crippen LogP contribution in [-0.2, 0) is 13.5 Å². The number of hydrogen-bond donors (Lipinski definition) is 0. The monoisotopic (exact) mass is 439 g/mol. The third-order valence-corrected chi connectivity index (χ3v) is 6.81. The molecule has 1 aromatic heterocycles. The van der Waals surface area contributed by atoms with Crippen LogP contribution in [0.2, 0.25) is 5.02 Å². The Balaban J connectivity index is 1.58. The molecule has 1 amide bonds. The molecule has 3 heterocycles. The minimum Gasteiger partial charge on any atom is -0.495 e. The summed E-state index contributed by atoms with van der Waals surface area (Å²) in [5.74, 6) is 0.122. The van der Waals surface area contributed by atoms with Crippen molar-refractivity contribution in [1.82, 2.24) is 14.7 Å². The molecule has 2 aliphatic rings. The van der Waals surface area contributed by atoms with E-state index in [0.29, 0.717) is 22.8 Å². The summed E-state index contributed by atoms with van der Waals surface area (Å²) in [6, 6.07) is 11.8. The lowest BCUT2D eigenvalue weighted by Gasteiger charge is -2.45. The molecule has 1 fully saturated rings.